The van der Waals surface area contributed by atoms with Gasteiger partial charge in [0.25, 0.3) is 5.91 Å². The van der Waals surface area contributed by atoms with Gasteiger partial charge in [-0.1, -0.05) is 23.7 Å². The number of pyridine rings is 2. The highest BCUT2D eigenvalue weighted by Crippen LogP contribution is 2.30. The Morgan fingerprint density at radius 2 is 1.80 bits per heavy atom. The molecule has 228 valence electrons. The molecule has 0 saturated carbocycles. The predicted molar refractivity (Wildman–Crippen MR) is 160 cm³/mol. The number of amides is 1. The van der Waals surface area contributed by atoms with Crippen molar-refractivity contribution in [2.75, 3.05) is 13.2 Å². The molecule has 1 amide bonds. The average Bonchev–Trinajstić information content (AvgIpc) is 3.50. The molecule has 3 aromatic heterocycles. The van der Waals surface area contributed by atoms with E-state index in [2.05, 4.69) is 20.4 Å². The van der Waals surface area contributed by atoms with Crippen molar-refractivity contribution in [3.8, 4) is 22.6 Å². The van der Waals surface area contributed by atoms with Gasteiger partial charge in [0.1, 0.15) is 11.5 Å². The molecule has 3 heterocycles. The third kappa shape index (κ3) is 6.31. The van der Waals surface area contributed by atoms with Gasteiger partial charge in [0, 0.05) is 39.3 Å². The van der Waals surface area contributed by atoms with Gasteiger partial charge in [-0.3, -0.25) is 14.5 Å². The number of aliphatic hydroxyl groups excluding tert-OH is 2. The van der Waals surface area contributed by atoms with Gasteiger partial charge in [0.15, 0.2) is 0 Å². The van der Waals surface area contributed by atoms with Gasteiger partial charge in [-0.05, 0) is 55.5 Å². The lowest BCUT2D eigenvalue weighted by Gasteiger charge is -2.11. The molecule has 0 fully saturated rings. The van der Waals surface area contributed by atoms with Crippen LogP contribution in [0, 0.1) is 5.82 Å². The Morgan fingerprint density at radius 3 is 2.52 bits per heavy atom. The summed E-state index contributed by atoms with van der Waals surface area (Å²) >= 11 is 5.99. The molecular formula is C30H26ClF2N5O5S. The molecule has 0 aliphatic rings. The number of nitrogens with zero attached hydrogens (tertiary/aromatic N) is 4. The number of hydrogen-bond acceptors (Lipinski definition) is 8. The fourth-order valence-electron chi connectivity index (χ4n) is 4.47. The lowest BCUT2D eigenvalue weighted by atomic mass is 10.0. The Morgan fingerprint density at radius 1 is 1.05 bits per heavy atom. The number of hydrogen-bond donors (Lipinski definition) is 3. The molecule has 3 N–H and O–H groups in total. The Labute approximate surface area is 255 Å². The Kier molecular flexibility index (Phi) is 9.02. The van der Waals surface area contributed by atoms with Crippen molar-refractivity contribution >= 4 is 38.1 Å². The van der Waals surface area contributed by atoms with E-state index < -0.39 is 38.0 Å². The van der Waals surface area contributed by atoms with E-state index in [0.29, 0.717) is 28.2 Å². The van der Waals surface area contributed by atoms with Gasteiger partial charge in [0.2, 0.25) is 15.3 Å². The second kappa shape index (κ2) is 12.7. The highest BCUT2D eigenvalue weighted by atomic mass is 35.5. The second-order valence-electron chi connectivity index (χ2n) is 9.88. The van der Waals surface area contributed by atoms with Crippen molar-refractivity contribution < 1.29 is 32.2 Å². The van der Waals surface area contributed by atoms with Crippen molar-refractivity contribution in [3.05, 3.63) is 95.2 Å². The standard InChI is InChI=1S/C30H26ClF2N5O5S/c1-17(32)44(42,43)23-10-19(9-20(31)11-23)30(41)35-14-21-12-25-18(13-34-21)5-6-24(29(25)33)26-3-2-4-27(36-26)28-7-8-38(37-28)22(15-39)16-40/h2-13,17,22,39-40H,14-16H2,1H3,(H,35,41). The largest absolute Gasteiger partial charge is 0.394 e. The molecule has 1 unspecified atom stereocenters. The van der Waals surface area contributed by atoms with E-state index in [1.807, 2.05) is 0 Å². The molecule has 0 aliphatic heterocycles. The first-order chi connectivity index (χ1) is 21.0. The Bertz CT molecular complexity index is 1970. The molecule has 44 heavy (non-hydrogen) atoms. The van der Waals surface area contributed by atoms with Gasteiger partial charge in [-0.15, -0.1) is 0 Å². The zero-order valence-corrected chi connectivity index (χ0v) is 24.7. The van der Waals surface area contributed by atoms with Crippen LogP contribution in [0.2, 0.25) is 5.02 Å². The van der Waals surface area contributed by atoms with Crippen LogP contribution in [0.25, 0.3) is 33.4 Å². The summed E-state index contributed by atoms with van der Waals surface area (Å²) in [5, 5.41) is 26.5. The average molecular weight is 642 g/mol. The maximum atomic E-state index is 15.9. The van der Waals surface area contributed by atoms with Crippen molar-refractivity contribution in [1.29, 1.82) is 0 Å². The van der Waals surface area contributed by atoms with E-state index in [1.54, 1.807) is 42.6 Å². The van der Waals surface area contributed by atoms with Crippen molar-refractivity contribution in [2.24, 2.45) is 0 Å². The van der Waals surface area contributed by atoms with E-state index in [0.717, 1.165) is 19.1 Å². The van der Waals surface area contributed by atoms with Crippen molar-refractivity contribution in [3.63, 3.8) is 0 Å². The van der Waals surface area contributed by atoms with Crippen molar-refractivity contribution in [2.45, 2.75) is 29.9 Å². The summed E-state index contributed by atoms with van der Waals surface area (Å²) in [5.41, 5.74) is -0.450. The summed E-state index contributed by atoms with van der Waals surface area (Å²) in [6, 6.07) is 14.3. The normalized spacial score (nSPS) is 12.5. The van der Waals surface area contributed by atoms with Crippen LogP contribution in [0.1, 0.15) is 29.0 Å². The molecule has 0 saturated heterocycles. The molecule has 10 nitrogen and oxygen atoms in total. The number of aliphatic hydroxyl groups is 2. The fraction of sp³-hybridized carbons (Fsp3) is 0.200. The van der Waals surface area contributed by atoms with E-state index in [4.69, 9.17) is 11.6 Å². The summed E-state index contributed by atoms with van der Waals surface area (Å²) in [7, 11) is -4.32. The highest BCUT2D eigenvalue weighted by molar-refractivity contribution is 7.91. The number of alkyl halides is 1. The molecule has 0 bridgehead atoms. The summed E-state index contributed by atoms with van der Waals surface area (Å²) < 4.78 is 55.4. The molecule has 0 radical (unpaired) electrons. The topological polar surface area (TPSA) is 147 Å². The van der Waals surface area contributed by atoms with E-state index >= 15 is 4.39 Å². The predicted octanol–water partition coefficient (Wildman–Crippen LogP) is 4.50. The fourth-order valence-corrected chi connectivity index (χ4v) is 5.72. The highest BCUT2D eigenvalue weighted by Gasteiger charge is 2.24. The number of carbonyl (C=O) groups is 1. The molecule has 14 heteroatoms. The van der Waals surface area contributed by atoms with Gasteiger partial charge in [-0.2, -0.15) is 5.10 Å². The third-order valence-corrected chi connectivity index (χ3v) is 8.87. The first-order valence-corrected chi connectivity index (χ1v) is 15.2. The number of fused-ring (bicyclic) bond motifs is 1. The van der Waals surface area contributed by atoms with Gasteiger partial charge in [0.05, 0.1) is 47.8 Å². The van der Waals surface area contributed by atoms with E-state index in [-0.39, 0.29) is 41.3 Å². The number of nitrogens with one attached hydrogen (secondary N) is 1. The summed E-state index contributed by atoms with van der Waals surface area (Å²) in [5.74, 6) is -1.24. The molecule has 0 aliphatic carbocycles. The van der Waals surface area contributed by atoms with Crippen molar-refractivity contribution in [1.82, 2.24) is 25.1 Å². The van der Waals surface area contributed by atoms with Crippen LogP contribution < -0.4 is 5.32 Å². The third-order valence-electron chi connectivity index (χ3n) is 6.91. The maximum Gasteiger partial charge on any atom is 0.251 e. The zero-order chi connectivity index (χ0) is 31.6. The first kappa shape index (κ1) is 31.1. The van der Waals surface area contributed by atoms with Crippen LogP contribution in [-0.4, -0.2) is 63.0 Å². The smallest absolute Gasteiger partial charge is 0.251 e. The molecule has 5 aromatic rings. The molecular weight excluding hydrogens is 616 g/mol. The first-order valence-electron chi connectivity index (χ1n) is 13.3. The monoisotopic (exact) mass is 641 g/mol. The SMILES string of the molecule is CC(F)S(=O)(=O)c1cc(Cl)cc(C(=O)NCc2cc3c(F)c(-c4cccc(-c5ccn(C(CO)CO)n5)n4)ccc3cn2)c1. The maximum absolute atomic E-state index is 15.9. The second-order valence-corrected chi connectivity index (χ2v) is 12.5. The quantitative estimate of drug-likeness (QED) is 0.202. The molecule has 1 atom stereocenters. The number of sulfone groups is 1. The lowest BCUT2D eigenvalue weighted by Crippen LogP contribution is -2.24. The van der Waals surface area contributed by atoms with E-state index in [9.17, 15) is 27.8 Å². The van der Waals surface area contributed by atoms with Gasteiger partial charge in [-0.25, -0.2) is 22.2 Å². The molecule has 0 spiro atoms. The summed E-state index contributed by atoms with van der Waals surface area (Å²) in [6.45, 7) is 0.173. The minimum atomic E-state index is -4.32. The number of benzene rings is 2. The Hall–Kier alpha value is -4.30. The van der Waals surface area contributed by atoms with Crippen LogP contribution >= 0.6 is 11.6 Å². The zero-order valence-electron chi connectivity index (χ0n) is 23.2. The van der Waals surface area contributed by atoms with Crippen LogP contribution in [0.3, 0.4) is 0 Å². The Balaban J connectivity index is 1.39. The van der Waals surface area contributed by atoms with Crippen LogP contribution in [0.15, 0.2) is 78.0 Å². The number of aromatic nitrogens is 4. The minimum Gasteiger partial charge on any atom is -0.394 e. The molecule has 2 aromatic carbocycles. The van der Waals surface area contributed by atoms with Gasteiger partial charge >= 0.3 is 0 Å². The number of rotatable bonds is 10. The van der Waals surface area contributed by atoms with E-state index in [1.165, 1.54) is 23.0 Å². The number of carbonyl (C=O) groups excluding carboxylic acids is 1. The summed E-state index contributed by atoms with van der Waals surface area (Å²) in [4.78, 5) is 21.2. The van der Waals surface area contributed by atoms with Crippen LogP contribution in [0.4, 0.5) is 8.78 Å². The lowest BCUT2D eigenvalue weighted by molar-refractivity contribution is 0.0950. The summed E-state index contributed by atoms with van der Waals surface area (Å²) in [6.07, 6.45) is 3.08. The van der Waals surface area contributed by atoms with Gasteiger partial charge < -0.3 is 15.5 Å². The van der Waals surface area contributed by atoms with Crippen LogP contribution in [-0.2, 0) is 16.4 Å². The number of halogens is 3. The minimum absolute atomic E-state index is 0.0548. The van der Waals surface area contributed by atoms with Crippen LogP contribution in [0.5, 0.6) is 0 Å². The molecule has 5 rings (SSSR count).